The van der Waals surface area contributed by atoms with Crippen LogP contribution in [0.15, 0.2) is 95.9 Å². The Morgan fingerprint density at radius 3 is 1.81 bits per heavy atom. The fraction of sp³-hybridized carbons (Fsp3) is 0. The molecule has 5 rings (SSSR count). The van der Waals surface area contributed by atoms with Crippen molar-refractivity contribution in [3.05, 3.63) is 95.9 Å². The van der Waals surface area contributed by atoms with E-state index >= 15 is 0 Å². The zero-order valence-corrected chi connectivity index (χ0v) is 16.0. The molecule has 0 bridgehead atoms. The molecular weight excluding hydrogens is 396 g/mol. The molecule has 2 aromatic heterocycles. The fourth-order valence-corrected chi connectivity index (χ4v) is 4.30. The first-order valence-corrected chi connectivity index (χ1v) is 9.58. The minimum atomic E-state index is 0.928. The topological polar surface area (TPSA) is 25.8 Å². The van der Waals surface area contributed by atoms with Gasteiger partial charge in [-0.05, 0) is 61.2 Å². The van der Waals surface area contributed by atoms with Crippen LogP contribution in [0.4, 0.5) is 0 Å². The molecule has 3 heteroatoms. The third-order valence-electron chi connectivity index (χ3n) is 4.88. The van der Waals surface area contributed by atoms with Crippen LogP contribution in [0.25, 0.3) is 43.9 Å². The van der Waals surface area contributed by atoms with Gasteiger partial charge in [0.2, 0.25) is 0 Å². The molecule has 2 heterocycles. The summed E-state index contributed by atoms with van der Waals surface area (Å²) in [7, 11) is 0. The summed E-state index contributed by atoms with van der Waals surface area (Å²) in [5, 5.41) is 4.86. The van der Waals surface area contributed by atoms with Gasteiger partial charge in [0.05, 0.1) is 5.69 Å². The van der Waals surface area contributed by atoms with E-state index in [2.05, 4.69) is 81.6 Å². The third-order valence-corrected chi connectivity index (χ3v) is 5.73. The van der Waals surface area contributed by atoms with Gasteiger partial charge in [-0.15, -0.1) is 0 Å². The first-order chi connectivity index (χ1) is 13.3. The first-order valence-electron chi connectivity index (χ1n) is 8.79. The van der Waals surface area contributed by atoms with E-state index in [1.807, 2.05) is 24.5 Å². The summed E-state index contributed by atoms with van der Waals surface area (Å²) in [6.45, 7) is 0. The van der Waals surface area contributed by atoms with Gasteiger partial charge in [-0.3, -0.25) is 9.97 Å². The Bertz CT molecular complexity index is 1210. The predicted octanol–water partition coefficient (Wildman–Crippen LogP) is 6.88. The Kier molecular flexibility index (Phi) is 3.95. The Hall–Kier alpha value is -3.04. The second-order valence-electron chi connectivity index (χ2n) is 6.45. The third kappa shape index (κ3) is 2.71. The van der Waals surface area contributed by atoms with E-state index in [0.717, 1.165) is 21.3 Å². The molecule has 0 aliphatic heterocycles. The van der Waals surface area contributed by atoms with Gasteiger partial charge >= 0.3 is 0 Å². The molecule has 0 radical (unpaired) electrons. The molecule has 3 aromatic carbocycles. The maximum Gasteiger partial charge on any atom is 0.0717 e. The molecule has 0 amide bonds. The maximum absolute atomic E-state index is 4.71. The molecule has 0 unspecified atom stereocenters. The monoisotopic (exact) mass is 410 g/mol. The number of benzene rings is 3. The lowest BCUT2D eigenvalue weighted by molar-refractivity contribution is 1.28. The molecule has 0 saturated carbocycles. The van der Waals surface area contributed by atoms with Crippen molar-refractivity contribution in [1.29, 1.82) is 0 Å². The Balaban J connectivity index is 1.78. The lowest BCUT2D eigenvalue weighted by Gasteiger charge is -2.14. The molecule has 0 aliphatic carbocycles. The molecule has 0 fully saturated rings. The van der Waals surface area contributed by atoms with E-state index < -0.39 is 0 Å². The Morgan fingerprint density at radius 2 is 1.26 bits per heavy atom. The van der Waals surface area contributed by atoms with Crippen LogP contribution in [-0.2, 0) is 0 Å². The maximum atomic E-state index is 4.71. The van der Waals surface area contributed by atoms with Crippen LogP contribution in [0.2, 0.25) is 0 Å². The average Bonchev–Trinajstić information content (AvgIpc) is 2.75. The van der Waals surface area contributed by atoms with Crippen LogP contribution in [0.5, 0.6) is 0 Å². The molecule has 0 atom stereocenters. The van der Waals surface area contributed by atoms with Crippen molar-refractivity contribution in [2.24, 2.45) is 0 Å². The molecule has 27 heavy (non-hydrogen) atoms. The number of hydrogen-bond acceptors (Lipinski definition) is 2. The summed E-state index contributed by atoms with van der Waals surface area (Å²) in [6.07, 6.45) is 5.58. The van der Waals surface area contributed by atoms with E-state index in [0.29, 0.717) is 0 Å². The zero-order chi connectivity index (χ0) is 18.2. The van der Waals surface area contributed by atoms with Gasteiger partial charge in [-0.2, -0.15) is 0 Å². The molecule has 0 spiro atoms. The highest BCUT2D eigenvalue weighted by molar-refractivity contribution is 9.10. The number of nitrogens with zero attached hydrogens (tertiary/aromatic N) is 2. The first kappa shape index (κ1) is 16.2. The number of fused-ring (bicyclic) bond motifs is 2. The molecule has 128 valence electrons. The van der Waals surface area contributed by atoms with Crippen molar-refractivity contribution < 1.29 is 0 Å². The van der Waals surface area contributed by atoms with Crippen LogP contribution < -0.4 is 0 Å². The van der Waals surface area contributed by atoms with E-state index in [1.54, 1.807) is 6.20 Å². The van der Waals surface area contributed by atoms with Gasteiger partial charge in [-0.1, -0.05) is 54.6 Å². The fourth-order valence-electron chi connectivity index (χ4n) is 3.61. The summed E-state index contributed by atoms with van der Waals surface area (Å²) in [5.74, 6) is 0. The van der Waals surface area contributed by atoms with E-state index in [9.17, 15) is 0 Å². The van der Waals surface area contributed by atoms with Crippen molar-refractivity contribution >= 4 is 37.5 Å². The summed E-state index contributed by atoms with van der Waals surface area (Å²) < 4.78 is 1.14. The van der Waals surface area contributed by atoms with E-state index in [-0.39, 0.29) is 0 Å². The molecule has 0 saturated heterocycles. The minimum Gasteiger partial charge on any atom is -0.264 e. The largest absolute Gasteiger partial charge is 0.264 e. The van der Waals surface area contributed by atoms with Crippen LogP contribution in [0.3, 0.4) is 0 Å². The molecule has 5 aromatic rings. The minimum absolute atomic E-state index is 0.928. The lowest BCUT2D eigenvalue weighted by atomic mass is 9.92. The lowest BCUT2D eigenvalue weighted by Crippen LogP contribution is -1.90. The van der Waals surface area contributed by atoms with Crippen molar-refractivity contribution in [3.8, 4) is 22.4 Å². The number of hydrogen-bond donors (Lipinski definition) is 0. The Labute approximate surface area is 165 Å². The van der Waals surface area contributed by atoms with Gasteiger partial charge in [0.15, 0.2) is 0 Å². The molecule has 0 aliphatic rings. The number of pyridine rings is 2. The quantitative estimate of drug-likeness (QED) is 0.296. The second-order valence-corrected chi connectivity index (χ2v) is 7.25. The van der Waals surface area contributed by atoms with Crippen molar-refractivity contribution in [2.45, 2.75) is 0 Å². The predicted molar refractivity (Wildman–Crippen MR) is 116 cm³/mol. The van der Waals surface area contributed by atoms with Gasteiger partial charge in [0.1, 0.15) is 0 Å². The number of halogens is 1. The number of rotatable bonds is 2. The van der Waals surface area contributed by atoms with E-state index in [4.69, 9.17) is 4.98 Å². The zero-order valence-electron chi connectivity index (χ0n) is 14.4. The van der Waals surface area contributed by atoms with Gasteiger partial charge in [0, 0.05) is 34.2 Å². The standard InChI is InChI=1S/C24H15BrN2/c25-24-20-9-3-1-7-18(20)23(19-8-2-4-10-21(19)24)17-11-12-22(27-15-17)16-6-5-13-26-14-16/h1-15H. The summed E-state index contributed by atoms with van der Waals surface area (Å²) in [5.41, 5.74) is 4.28. The van der Waals surface area contributed by atoms with E-state index in [1.165, 1.54) is 27.1 Å². The van der Waals surface area contributed by atoms with Crippen molar-refractivity contribution in [1.82, 2.24) is 9.97 Å². The van der Waals surface area contributed by atoms with Crippen LogP contribution in [-0.4, -0.2) is 9.97 Å². The SMILES string of the molecule is Brc1c2ccccc2c(-c2ccc(-c3cccnc3)nc2)c2ccccc12. The summed E-state index contributed by atoms with van der Waals surface area (Å²) in [4.78, 5) is 8.90. The Morgan fingerprint density at radius 1 is 0.593 bits per heavy atom. The van der Waals surface area contributed by atoms with Gasteiger partial charge in [-0.25, -0.2) is 0 Å². The van der Waals surface area contributed by atoms with Crippen LogP contribution in [0, 0.1) is 0 Å². The van der Waals surface area contributed by atoms with Crippen LogP contribution in [0.1, 0.15) is 0 Å². The summed E-state index contributed by atoms with van der Waals surface area (Å²) >= 11 is 3.81. The number of aromatic nitrogens is 2. The summed E-state index contributed by atoms with van der Waals surface area (Å²) in [6, 6.07) is 25.2. The highest BCUT2D eigenvalue weighted by Crippen LogP contribution is 2.41. The molecular formula is C24H15BrN2. The van der Waals surface area contributed by atoms with Crippen LogP contribution >= 0.6 is 15.9 Å². The normalized spacial score (nSPS) is 11.1. The van der Waals surface area contributed by atoms with Gasteiger partial charge < -0.3 is 0 Å². The highest BCUT2D eigenvalue weighted by Gasteiger charge is 2.14. The van der Waals surface area contributed by atoms with Gasteiger partial charge in [0.25, 0.3) is 0 Å². The van der Waals surface area contributed by atoms with Crippen molar-refractivity contribution in [3.63, 3.8) is 0 Å². The highest BCUT2D eigenvalue weighted by atomic mass is 79.9. The second kappa shape index (κ2) is 6.60. The van der Waals surface area contributed by atoms with Crippen molar-refractivity contribution in [2.75, 3.05) is 0 Å². The smallest absolute Gasteiger partial charge is 0.0717 e. The molecule has 2 nitrogen and oxygen atoms in total. The average molecular weight is 411 g/mol. The molecule has 0 N–H and O–H groups in total.